The molecule has 1 aromatic rings. The van der Waals surface area contributed by atoms with Gasteiger partial charge >= 0.3 is 0 Å². The van der Waals surface area contributed by atoms with E-state index in [-0.39, 0.29) is 17.8 Å². The maximum atomic E-state index is 13.6. The highest BCUT2D eigenvalue weighted by molar-refractivity contribution is 5.82. The molecule has 0 bridgehead atoms. The second kappa shape index (κ2) is 5.92. The molecule has 2 fully saturated rings. The zero-order chi connectivity index (χ0) is 13.9. The molecule has 2 aliphatic rings. The zero-order valence-electron chi connectivity index (χ0n) is 11.6. The molecule has 20 heavy (non-hydrogen) atoms. The first-order valence-electron chi connectivity index (χ1n) is 7.52. The highest BCUT2D eigenvalue weighted by Gasteiger charge is 2.33. The molecule has 3 nitrogen and oxygen atoms in total. The van der Waals surface area contributed by atoms with Crippen LogP contribution in [-0.4, -0.2) is 36.0 Å². The third-order valence-electron chi connectivity index (χ3n) is 4.15. The van der Waals surface area contributed by atoms with E-state index in [0.29, 0.717) is 24.6 Å². The molecule has 1 aromatic carbocycles. The first kappa shape index (κ1) is 13.6. The molecule has 1 aliphatic heterocycles. The van der Waals surface area contributed by atoms with E-state index in [1.54, 1.807) is 12.1 Å². The average Bonchev–Trinajstić information content (AvgIpc) is 3.25. The van der Waals surface area contributed by atoms with Crippen molar-refractivity contribution in [2.24, 2.45) is 0 Å². The number of nitrogens with zero attached hydrogens (tertiary/aromatic N) is 1. The Morgan fingerprint density at radius 3 is 2.80 bits per heavy atom. The quantitative estimate of drug-likeness (QED) is 0.893. The monoisotopic (exact) mass is 276 g/mol. The lowest BCUT2D eigenvalue weighted by Crippen LogP contribution is -2.51. The fraction of sp³-hybridized carbons (Fsp3) is 0.562. The van der Waals surface area contributed by atoms with Crippen LogP contribution in [0.25, 0.3) is 0 Å². The number of nitrogens with one attached hydrogen (secondary N) is 1. The van der Waals surface area contributed by atoms with E-state index in [4.69, 9.17) is 0 Å². The molecule has 0 radical (unpaired) electrons. The Bertz CT molecular complexity index is 487. The van der Waals surface area contributed by atoms with Gasteiger partial charge < -0.3 is 10.2 Å². The van der Waals surface area contributed by atoms with Crippen LogP contribution in [-0.2, 0) is 11.2 Å². The summed E-state index contributed by atoms with van der Waals surface area (Å²) in [6.07, 6.45) is 4.95. The Kier molecular flexibility index (Phi) is 4.01. The number of carbonyl (C=O) groups is 1. The van der Waals surface area contributed by atoms with Gasteiger partial charge in [0.1, 0.15) is 5.82 Å². The molecule has 1 saturated heterocycles. The topological polar surface area (TPSA) is 32.3 Å². The summed E-state index contributed by atoms with van der Waals surface area (Å²) in [6.45, 7) is 1.42. The van der Waals surface area contributed by atoms with Crippen LogP contribution in [0.4, 0.5) is 4.39 Å². The smallest absolute Gasteiger partial charge is 0.239 e. The first-order chi connectivity index (χ1) is 9.74. The number of carbonyl (C=O) groups excluding carboxylic acids is 1. The molecular formula is C16H21FN2O. The Labute approximate surface area is 119 Å². The van der Waals surface area contributed by atoms with Gasteiger partial charge in [-0.15, -0.1) is 0 Å². The molecule has 0 aromatic heterocycles. The number of piperidine rings is 1. The van der Waals surface area contributed by atoms with Crippen LogP contribution in [0.5, 0.6) is 0 Å². The number of hydrogen-bond donors (Lipinski definition) is 1. The molecule has 1 aliphatic carbocycles. The predicted molar refractivity (Wildman–Crippen MR) is 75.9 cm³/mol. The SMILES string of the molecule is O=C1C(NC2CC2)CCCN1CCc1ccccc1F. The van der Waals surface area contributed by atoms with Crippen molar-refractivity contribution in [3.63, 3.8) is 0 Å². The minimum absolute atomic E-state index is 0.0168. The molecule has 1 unspecified atom stereocenters. The summed E-state index contributed by atoms with van der Waals surface area (Å²) in [6, 6.07) is 7.34. The van der Waals surface area contributed by atoms with E-state index < -0.39 is 0 Å². The number of rotatable bonds is 5. The highest BCUT2D eigenvalue weighted by atomic mass is 19.1. The summed E-state index contributed by atoms with van der Waals surface area (Å²) in [4.78, 5) is 14.2. The molecule has 1 heterocycles. The summed E-state index contributed by atoms with van der Waals surface area (Å²) < 4.78 is 13.6. The number of halogens is 1. The van der Waals surface area contributed by atoms with Crippen molar-refractivity contribution in [3.05, 3.63) is 35.6 Å². The lowest BCUT2D eigenvalue weighted by molar-refractivity contribution is -0.136. The van der Waals surface area contributed by atoms with Crippen LogP contribution < -0.4 is 5.32 Å². The largest absolute Gasteiger partial charge is 0.341 e. The third kappa shape index (κ3) is 3.18. The molecule has 4 heteroatoms. The van der Waals surface area contributed by atoms with Gasteiger partial charge in [-0.1, -0.05) is 18.2 Å². The fourth-order valence-electron chi connectivity index (χ4n) is 2.81. The molecule has 1 N–H and O–H groups in total. The second-order valence-electron chi connectivity index (χ2n) is 5.80. The number of amides is 1. The van der Waals surface area contributed by atoms with Gasteiger partial charge in [0.05, 0.1) is 6.04 Å². The summed E-state index contributed by atoms with van der Waals surface area (Å²) in [5.41, 5.74) is 0.692. The third-order valence-corrected chi connectivity index (χ3v) is 4.15. The molecule has 1 atom stereocenters. The summed E-state index contributed by atoms with van der Waals surface area (Å²) in [5, 5.41) is 3.42. The minimum atomic E-state index is -0.176. The zero-order valence-corrected chi connectivity index (χ0v) is 11.6. The van der Waals surface area contributed by atoms with Crippen molar-refractivity contribution in [2.45, 2.75) is 44.2 Å². The number of benzene rings is 1. The summed E-state index contributed by atoms with van der Waals surface area (Å²) in [7, 11) is 0. The molecule has 0 spiro atoms. The standard InChI is InChI=1S/C16H21FN2O/c17-14-5-2-1-4-12(14)9-11-19-10-3-6-15(16(19)20)18-13-7-8-13/h1-2,4-5,13,15,18H,3,6-11H2. The van der Waals surface area contributed by atoms with Gasteiger partial charge in [-0.25, -0.2) is 4.39 Å². The highest BCUT2D eigenvalue weighted by Crippen LogP contribution is 2.22. The van der Waals surface area contributed by atoms with Crippen LogP contribution in [0.2, 0.25) is 0 Å². The molecule has 1 amide bonds. The van der Waals surface area contributed by atoms with Crippen LogP contribution in [0.1, 0.15) is 31.2 Å². The van der Waals surface area contributed by atoms with Crippen LogP contribution >= 0.6 is 0 Å². The maximum Gasteiger partial charge on any atom is 0.239 e. The van der Waals surface area contributed by atoms with E-state index >= 15 is 0 Å². The Balaban J connectivity index is 1.56. The van der Waals surface area contributed by atoms with Crippen molar-refractivity contribution in [1.29, 1.82) is 0 Å². The van der Waals surface area contributed by atoms with Gasteiger partial charge in [-0.3, -0.25) is 4.79 Å². The predicted octanol–water partition coefficient (Wildman–Crippen LogP) is 2.11. The van der Waals surface area contributed by atoms with Crippen LogP contribution in [0, 0.1) is 5.82 Å². The Hall–Kier alpha value is -1.42. The minimum Gasteiger partial charge on any atom is -0.341 e. The first-order valence-corrected chi connectivity index (χ1v) is 7.52. The number of hydrogen-bond acceptors (Lipinski definition) is 2. The summed E-state index contributed by atoms with van der Waals surface area (Å²) >= 11 is 0. The second-order valence-corrected chi connectivity index (χ2v) is 5.80. The fourth-order valence-corrected chi connectivity index (χ4v) is 2.81. The molecule has 1 saturated carbocycles. The normalized spacial score (nSPS) is 23.1. The number of likely N-dealkylation sites (tertiary alicyclic amines) is 1. The van der Waals surface area contributed by atoms with E-state index in [0.717, 1.165) is 19.4 Å². The average molecular weight is 276 g/mol. The van der Waals surface area contributed by atoms with Crippen LogP contribution in [0.15, 0.2) is 24.3 Å². The Morgan fingerprint density at radius 2 is 2.05 bits per heavy atom. The maximum absolute atomic E-state index is 13.6. The summed E-state index contributed by atoms with van der Waals surface area (Å²) in [5.74, 6) is 0.0177. The lowest BCUT2D eigenvalue weighted by Gasteiger charge is -2.33. The van der Waals surface area contributed by atoms with Gasteiger partial charge in [0, 0.05) is 19.1 Å². The Morgan fingerprint density at radius 1 is 1.25 bits per heavy atom. The van der Waals surface area contributed by atoms with Gasteiger partial charge in [0.2, 0.25) is 5.91 Å². The van der Waals surface area contributed by atoms with Crippen molar-refractivity contribution in [2.75, 3.05) is 13.1 Å². The van der Waals surface area contributed by atoms with E-state index in [2.05, 4.69) is 5.32 Å². The molecule has 3 rings (SSSR count). The lowest BCUT2D eigenvalue weighted by atomic mass is 10.0. The van der Waals surface area contributed by atoms with Gasteiger partial charge in [0.15, 0.2) is 0 Å². The molecule has 108 valence electrons. The van der Waals surface area contributed by atoms with Crippen molar-refractivity contribution < 1.29 is 9.18 Å². The molecular weight excluding hydrogens is 255 g/mol. The van der Waals surface area contributed by atoms with Gasteiger partial charge in [0.25, 0.3) is 0 Å². The van der Waals surface area contributed by atoms with Crippen molar-refractivity contribution in [1.82, 2.24) is 10.2 Å². The van der Waals surface area contributed by atoms with Gasteiger partial charge in [-0.05, 0) is 43.7 Å². The van der Waals surface area contributed by atoms with E-state index in [1.165, 1.54) is 18.9 Å². The van der Waals surface area contributed by atoms with Crippen LogP contribution in [0.3, 0.4) is 0 Å². The van der Waals surface area contributed by atoms with E-state index in [1.807, 2.05) is 11.0 Å². The van der Waals surface area contributed by atoms with Crippen molar-refractivity contribution >= 4 is 5.91 Å². The van der Waals surface area contributed by atoms with E-state index in [9.17, 15) is 9.18 Å². The van der Waals surface area contributed by atoms with Crippen molar-refractivity contribution in [3.8, 4) is 0 Å². The van der Waals surface area contributed by atoms with Gasteiger partial charge in [-0.2, -0.15) is 0 Å².